The van der Waals surface area contributed by atoms with Gasteiger partial charge in [-0.3, -0.25) is 4.90 Å². The molecule has 0 saturated carbocycles. The van der Waals surface area contributed by atoms with Crippen LogP contribution in [0.5, 0.6) is 5.75 Å². The van der Waals surface area contributed by atoms with Crippen LogP contribution in [0.4, 0.5) is 0 Å². The first-order chi connectivity index (χ1) is 17.3. The zero-order valence-corrected chi connectivity index (χ0v) is 20.4. The van der Waals surface area contributed by atoms with Crippen LogP contribution in [0, 0.1) is 6.92 Å². The van der Waals surface area contributed by atoms with Crippen LogP contribution in [0.3, 0.4) is 0 Å². The summed E-state index contributed by atoms with van der Waals surface area (Å²) in [4.78, 5) is 8.53. The first kappa shape index (κ1) is 22.1. The monoisotopic (exact) mass is 486 g/mol. The zero-order chi connectivity index (χ0) is 23.6. The lowest BCUT2D eigenvalue weighted by molar-refractivity contribution is 0.0322. The molecule has 0 N–H and O–H groups in total. The van der Waals surface area contributed by atoms with Crippen molar-refractivity contribution < 1.29 is 9.47 Å². The van der Waals surface area contributed by atoms with Crippen molar-refractivity contribution in [3.8, 4) is 27.6 Å². The van der Waals surface area contributed by atoms with E-state index < -0.39 is 0 Å². The van der Waals surface area contributed by atoms with Gasteiger partial charge in [0, 0.05) is 50.1 Å². The third kappa shape index (κ3) is 4.50. The molecule has 0 radical (unpaired) electrons. The molecule has 0 bridgehead atoms. The average Bonchev–Trinajstić information content (AvgIpc) is 3.63. The molecule has 4 aromatic rings. The highest BCUT2D eigenvalue weighted by atomic mass is 32.1. The van der Waals surface area contributed by atoms with Gasteiger partial charge in [0.1, 0.15) is 17.4 Å². The molecule has 35 heavy (non-hydrogen) atoms. The fourth-order valence-electron chi connectivity index (χ4n) is 4.45. The fraction of sp³-hybridized carbons (Fsp3) is 0.308. The maximum Gasteiger partial charge on any atom is 0.128 e. The van der Waals surface area contributed by atoms with Crippen molar-refractivity contribution in [1.29, 1.82) is 0 Å². The van der Waals surface area contributed by atoms with Gasteiger partial charge in [-0.05, 0) is 13.0 Å². The highest BCUT2D eigenvalue weighted by Crippen LogP contribution is 2.39. The Balaban J connectivity index is 1.33. The number of nitrogens with zero attached hydrogens (tertiary/aromatic N) is 6. The van der Waals surface area contributed by atoms with Crippen LogP contribution >= 0.6 is 11.3 Å². The summed E-state index contributed by atoms with van der Waals surface area (Å²) >= 11 is 1.65. The Morgan fingerprint density at radius 1 is 1.11 bits per heavy atom. The minimum Gasteiger partial charge on any atom is -0.492 e. The molecule has 0 atom stereocenters. The normalized spacial score (nSPS) is 16.2. The predicted molar refractivity (Wildman–Crippen MR) is 139 cm³/mol. The van der Waals surface area contributed by atoms with Gasteiger partial charge in [-0.1, -0.05) is 30.3 Å². The van der Waals surface area contributed by atoms with Gasteiger partial charge in [0.15, 0.2) is 0 Å². The van der Waals surface area contributed by atoms with Crippen molar-refractivity contribution in [3.05, 3.63) is 59.2 Å². The summed E-state index contributed by atoms with van der Waals surface area (Å²) in [6.45, 7) is 7.06. The number of ether oxygens (including phenoxy) is 2. The maximum atomic E-state index is 6.12. The highest BCUT2D eigenvalue weighted by Gasteiger charge is 2.23. The standard InChI is InChI=1S/C26H26N6O2S/c1-18-23(22-17-20(8-10-32(22)30-18)34-16-13-31-11-14-33-15-12-31)26-28-24(19-5-3-2-4-6-19)25(35-26)21-7-9-27-29-21/h2-6,8-10,17H,7,11-16H2,1H3. The molecular weight excluding hydrogens is 460 g/mol. The lowest BCUT2D eigenvalue weighted by Gasteiger charge is -2.26. The van der Waals surface area contributed by atoms with Crippen LogP contribution < -0.4 is 4.74 Å². The summed E-state index contributed by atoms with van der Waals surface area (Å²) in [6.07, 6.45) is 4.51. The largest absolute Gasteiger partial charge is 0.492 e. The van der Waals surface area contributed by atoms with Crippen LogP contribution in [0.2, 0.25) is 0 Å². The molecule has 0 aliphatic carbocycles. The van der Waals surface area contributed by atoms with E-state index in [1.807, 2.05) is 48.1 Å². The van der Waals surface area contributed by atoms with Gasteiger partial charge in [-0.25, -0.2) is 9.50 Å². The summed E-state index contributed by atoms with van der Waals surface area (Å²) in [7, 11) is 0. The van der Waals surface area contributed by atoms with E-state index in [9.17, 15) is 0 Å². The summed E-state index contributed by atoms with van der Waals surface area (Å²) < 4.78 is 13.5. The Kier molecular flexibility index (Phi) is 6.12. The lowest BCUT2D eigenvalue weighted by atomic mass is 10.1. The number of thiazole rings is 1. The number of aromatic nitrogens is 3. The number of morpholine rings is 1. The molecule has 0 unspecified atom stereocenters. The van der Waals surface area contributed by atoms with Crippen LogP contribution in [-0.4, -0.2) is 70.9 Å². The van der Waals surface area contributed by atoms with Crippen molar-refractivity contribution in [1.82, 2.24) is 19.5 Å². The van der Waals surface area contributed by atoms with Gasteiger partial charge in [0.25, 0.3) is 0 Å². The molecule has 9 heteroatoms. The van der Waals surface area contributed by atoms with Crippen LogP contribution in [0.25, 0.3) is 27.3 Å². The second-order valence-corrected chi connectivity index (χ2v) is 9.57. The van der Waals surface area contributed by atoms with E-state index in [2.05, 4.69) is 33.3 Å². The number of pyridine rings is 1. The average molecular weight is 487 g/mol. The molecular formula is C26H26N6O2S. The third-order valence-corrected chi connectivity index (χ3v) is 7.38. The van der Waals surface area contributed by atoms with E-state index in [1.54, 1.807) is 11.3 Å². The quantitative estimate of drug-likeness (QED) is 0.389. The van der Waals surface area contributed by atoms with Crippen molar-refractivity contribution in [2.75, 3.05) is 39.5 Å². The van der Waals surface area contributed by atoms with Crippen molar-refractivity contribution >= 4 is 28.8 Å². The van der Waals surface area contributed by atoms with Crippen LogP contribution in [0.1, 0.15) is 17.0 Å². The number of aryl methyl sites for hydroxylation is 1. The number of rotatable bonds is 7. The van der Waals surface area contributed by atoms with Gasteiger partial charge >= 0.3 is 0 Å². The second kappa shape index (κ2) is 9.69. The Hall–Kier alpha value is -3.40. The van der Waals surface area contributed by atoms with Crippen LogP contribution in [-0.2, 0) is 4.74 Å². The maximum absolute atomic E-state index is 6.12. The van der Waals surface area contributed by atoms with Crippen molar-refractivity contribution in [2.45, 2.75) is 13.3 Å². The molecule has 178 valence electrons. The smallest absolute Gasteiger partial charge is 0.128 e. The molecule has 1 aromatic carbocycles. The molecule has 2 aliphatic rings. The molecule has 2 aliphatic heterocycles. The van der Waals surface area contributed by atoms with Gasteiger partial charge in [-0.15, -0.1) is 11.3 Å². The number of benzene rings is 1. The second-order valence-electron chi connectivity index (χ2n) is 8.57. The number of fused-ring (bicyclic) bond motifs is 1. The molecule has 6 rings (SSSR count). The molecule has 1 fully saturated rings. The Morgan fingerprint density at radius 2 is 1.97 bits per heavy atom. The van der Waals surface area contributed by atoms with Gasteiger partial charge < -0.3 is 9.47 Å². The summed E-state index contributed by atoms with van der Waals surface area (Å²) in [5, 5.41) is 14.1. The van der Waals surface area contributed by atoms with E-state index in [1.165, 1.54) is 0 Å². The fourth-order valence-corrected chi connectivity index (χ4v) is 5.63. The van der Waals surface area contributed by atoms with Crippen molar-refractivity contribution in [2.24, 2.45) is 10.2 Å². The van der Waals surface area contributed by atoms with E-state index >= 15 is 0 Å². The van der Waals surface area contributed by atoms with Crippen molar-refractivity contribution in [3.63, 3.8) is 0 Å². The van der Waals surface area contributed by atoms with E-state index in [-0.39, 0.29) is 0 Å². The Bertz CT molecular complexity index is 1400. The zero-order valence-electron chi connectivity index (χ0n) is 19.6. The van der Waals surface area contributed by atoms with E-state index in [0.717, 1.165) is 88.6 Å². The van der Waals surface area contributed by atoms with E-state index in [0.29, 0.717) is 6.61 Å². The predicted octanol–water partition coefficient (Wildman–Crippen LogP) is 4.32. The molecule has 5 heterocycles. The topological polar surface area (TPSA) is 76.6 Å². The minimum atomic E-state index is 0.637. The molecule has 0 spiro atoms. The number of hydrogen-bond donors (Lipinski definition) is 0. The molecule has 8 nitrogen and oxygen atoms in total. The highest BCUT2D eigenvalue weighted by molar-refractivity contribution is 7.17. The molecule has 1 saturated heterocycles. The first-order valence-corrected chi connectivity index (χ1v) is 12.6. The lowest BCUT2D eigenvalue weighted by Crippen LogP contribution is -2.38. The van der Waals surface area contributed by atoms with Gasteiger partial charge in [-0.2, -0.15) is 15.3 Å². The molecule has 3 aromatic heterocycles. The number of hydrogen-bond acceptors (Lipinski definition) is 8. The third-order valence-electron chi connectivity index (χ3n) is 6.26. The summed E-state index contributed by atoms with van der Waals surface area (Å²) in [6, 6.07) is 14.3. The summed E-state index contributed by atoms with van der Waals surface area (Å²) in [5.41, 5.74) is 5.90. The SMILES string of the molecule is Cc1nn2ccc(OCCN3CCOCC3)cc2c1-c1nc(-c2ccccc2)c(C2=NN=CC2)s1. The Labute approximate surface area is 207 Å². The van der Waals surface area contributed by atoms with Gasteiger partial charge in [0.05, 0.1) is 46.3 Å². The van der Waals surface area contributed by atoms with Gasteiger partial charge in [0.2, 0.25) is 0 Å². The summed E-state index contributed by atoms with van der Waals surface area (Å²) in [5.74, 6) is 0.834. The van der Waals surface area contributed by atoms with Crippen LogP contribution in [0.15, 0.2) is 58.9 Å². The first-order valence-electron chi connectivity index (χ1n) is 11.8. The minimum absolute atomic E-state index is 0.637. The Morgan fingerprint density at radius 3 is 2.77 bits per heavy atom. The molecule has 0 amide bonds. The van der Waals surface area contributed by atoms with E-state index in [4.69, 9.17) is 19.6 Å².